The third-order valence-corrected chi connectivity index (χ3v) is 4.37. The van der Waals surface area contributed by atoms with Gasteiger partial charge in [0.2, 0.25) is 0 Å². The van der Waals surface area contributed by atoms with Gasteiger partial charge in [0.25, 0.3) is 5.91 Å². The predicted molar refractivity (Wildman–Crippen MR) is 102 cm³/mol. The quantitative estimate of drug-likeness (QED) is 0.784. The van der Waals surface area contributed by atoms with Crippen LogP contribution in [0.3, 0.4) is 0 Å². The molecule has 0 fully saturated rings. The van der Waals surface area contributed by atoms with Crippen molar-refractivity contribution in [3.8, 4) is 5.75 Å². The van der Waals surface area contributed by atoms with Gasteiger partial charge in [0.05, 0.1) is 10.0 Å². The fourth-order valence-corrected chi connectivity index (χ4v) is 2.65. The second-order valence-corrected chi connectivity index (χ2v) is 6.87. The van der Waals surface area contributed by atoms with Crippen molar-refractivity contribution in [3.63, 3.8) is 0 Å². The van der Waals surface area contributed by atoms with E-state index >= 15 is 0 Å². The number of carbonyl (C=O) groups excluding carboxylic acids is 1. The Morgan fingerprint density at radius 2 is 1.80 bits per heavy atom. The number of benzene rings is 2. The van der Waals surface area contributed by atoms with E-state index in [9.17, 15) is 4.79 Å². The zero-order valence-corrected chi connectivity index (χ0v) is 16.1. The van der Waals surface area contributed by atoms with Crippen molar-refractivity contribution in [2.24, 2.45) is 0 Å². The van der Waals surface area contributed by atoms with Gasteiger partial charge < -0.3 is 15.0 Å². The van der Waals surface area contributed by atoms with Crippen LogP contribution in [0.5, 0.6) is 5.75 Å². The minimum atomic E-state index is -0.641. The molecule has 0 aliphatic carbocycles. The molecule has 1 amide bonds. The fourth-order valence-electron chi connectivity index (χ4n) is 2.36. The van der Waals surface area contributed by atoms with Crippen molar-refractivity contribution in [2.45, 2.75) is 26.1 Å². The molecule has 2 aromatic carbocycles. The molecule has 2 rings (SSSR count). The first-order chi connectivity index (χ1) is 11.9. The van der Waals surface area contributed by atoms with Crippen LogP contribution in [0.2, 0.25) is 10.0 Å². The Bertz CT molecular complexity index is 735. The Hall–Kier alpha value is -1.75. The molecule has 4 nitrogen and oxygen atoms in total. The molecule has 0 saturated carbocycles. The highest BCUT2D eigenvalue weighted by molar-refractivity contribution is 6.42. The van der Waals surface area contributed by atoms with Gasteiger partial charge in [0.1, 0.15) is 5.75 Å². The smallest absolute Gasteiger partial charge is 0.261 e. The molecule has 134 valence electrons. The normalized spacial score (nSPS) is 12.1. The summed E-state index contributed by atoms with van der Waals surface area (Å²) in [6.07, 6.45) is -0.641. The molecule has 1 atom stereocenters. The second kappa shape index (κ2) is 9.09. The number of ether oxygens (including phenoxy) is 1. The van der Waals surface area contributed by atoms with Crippen molar-refractivity contribution in [2.75, 3.05) is 14.1 Å². The second-order valence-electron chi connectivity index (χ2n) is 6.06. The Balaban J connectivity index is 1.94. The third kappa shape index (κ3) is 5.92. The molecule has 6 heteroatoms. The van der Waals surface area contributed by atoms with Gasteiger partial charge >= 0.3 is 0 Å². The summed E-state index contributed by atoms with van der Waals surface area (Å²) < 4.78 is 5.63. The van der Waals surface area contributed by atoms with E-state index in [1.54, 1.807) is 25.1 Å². The van der Waals surface area contributed by atoms with Gasteiger partial charge in [-0.2, -0.15) is 0 Å². The highest BCUT2D eigenvalue weighted by atomic mass is 35.5. The number of hydrogen-bond acceptors (Lipinski definition) is 3. The molecule has 1 unspecified atom stereocenters. The van der Waals surface area contributed by atoms with Crippen molar-refractivity contribution >= 4 is 29.1 Å². The third-order valence-electron chi connectivity index (χ3n) is 3.63. The maximum Gasteiger partial charge on any atom is 0.261 e. The predicted octanol–water partition coefficient (Wildman–Crippen LogP) is 4.14. The molecule has 0 spiro atoms. The number of carbonyl (C=O) groups is 1. The lowest BCUT2D eigenvalue weighted by molar-refractivity contribution is -0.127. The number of hydrogen-bond donors (Lipinski definition) is 1. The Labute approximate surface area is 158 Å². The van der Waals surface area contributed by atoms with Crippen LogP contribution < -0.4 is 10.1 Å². The Morgan fingerprint density at radius 3 is 2.44 bits per heavy atom. The number of amides is 1. The van der Waals surface area contributed by atoms with Gasteiger partial charge in [0, 0.05) is 19.2 Å². The summed E-state index contributed by atoms with van der Waals surface area (Å²) in [5.41, 5.74) is 2.28. The van der Waals surface area contributed by atoms with Crippen LogP contribution in [-0.2, 0) is 17.9 Å². The molecule has 0 heterocycles. The lowest BCUT2D eigenvalue weighted by Crippen LogP contribution is -2.36. The van der Waals surface area contributed by atoms with Crippen LogP contribution >= 0.6 is 23.2 Å². The fraction of sp³-hybridized carbons (Fsp3) is 0.316. The van der Waals surface area contributed by atoms with E-state index < -0.39 is 6.10 Å². The first-order valence-electron chi connectivity index (χ1n) is 7.97. The number of halogens is 2. The average Bonchev–Trinajstić information content (AvgIpc) is 2.56. The molecule has 0 radical (unpaired) electrons. The van der Waals surface area contributed by atoms with Gasteiger partial charge in [-0.1, -0.05) is 47.5 Å². The van der Waals surface area contributed by atoms with Crippen LogP contribution in [0, 0.1) is 0 Å². The molecule has 0 aromatic heterocycles. The summed E-state index contributed by atoms with van der Waals surface area (Å²) in [6, 6.07) is 13.0. The first-order valence-corrected chi connectivity index (χ1v) is 8.73. The highest BCUT2D eigenvalue weighted by Gasteiger charge is 2.15. The molecular formula is C19H22Cl2N2O2. The molecule has 0 saturated heterocycles. The van der Waals surface area contributed by atoms with E-state index in [4.69, 9.17) is 27.9 Å². The average molecular weight is 381 g/mol. The molecule has 25 heavy (non-hydrogen) atoms. The summed E-state index contributed by atoms with van der Waals surface area (Å²) in [7, 11) is 4.03. The first kappa shape index (κ1) is 19.6. The summed E-state index contributed by atoms with van der Waals surface area (Å²) in [5, 5.41) is 3.76. The topological polar surface area (TPSA) is 41.6 Å². The van der Waals surface area contributed by atoms with Crippen LogP contribution in [0.15, 0.2) is 42.5 Å². The molecule has 2 aromatic rings. The van der Waals surface area contributed by atoms with E-state index in [0.717, 1.165) is 12.1 Å². The monoisotopic (exact) mass is 380 g/mol. The highest BCUT2D eigenvalue weighted by Crippen LogP contribution is 2.26. The van der Waals surface area contributed by atoms with Gasteiger partial charge in [-0.3, -0.25) is 4.79 Å². The van der Waals surface area contributed by atoms with Crippen molar-refractivity contribution < 1.29 is 9.53 Å². The molecule has 0 aliphatic rings. The van der Waals surface area contributed by atoms with Crippen molar-refractivity contribution in [1.29, 1.82) is 0 Å². The Kier molecular flexibility index (Phi) is 7.12. The summed E-state index contributed by atoms with van der Waals surface area (Å²) in [5.74, 6) is 0.316. The van der Waals surface area contributed by atoms with Gasteiger partial charge in [-0.05, 0) is 44.3 Å². The lowest BCUT2D eigenvalue weighted by Gasteiger charge is -2.17. The molecule has 0 bridgehead atoms. The van der Waals surface area contributed by atoms with E-state index in [-0.39, 0.29) is 5.91 Å². The minimum absolute atomic E-state index is 0.189. The van der Waals surface area contributed by atoms with E-state index in [2.05, 4.69) is 16.3 Å². The van der Waals surface area contributed by atoms with E-state index in [1.807, 2.05) is 32.3 Å². The van der Waals surface area contributed by atoms with Crippen LogP contribution in [0.1, 0.15) is 18.1 Å². The van der Waals surface area contributed by atoms with Gasteiger partial charge in [-0.25, -0.2) is 0 Å². The number of rotatable bonds is 7. The number of nitrogens with zero attached hydrogens (tertiary/aromatic N) is 1. The Morgan fingerprint density at radius 1 is 1.12 bits per heavy atom. The summed E-state index contributed by atoms with van der Waals surface area (Å²) in [4.78, 5) is 14.4. The van der Waals surface area contributed by atoms with Crippen molar-refractivity contribution in [1.82, 2.24) is 10.2 Å². The van der Waals surface area contributed by atoms with E-state index in [1.165, 1.54) is 5.56 Å². The maximum absolute atomic E-state index is 12.3. The minimum Gasteiger partial charge on any atom is -0.481 e. The zero-order valence-electron chi connectivity index (χ0n) is 14.6. The van der Waals surface area contributed by atoms with Crippen molar-refractivity contribution in [3.05, 3.63) is 63.6 Å². The van der Waals surface area contributed by atoms with E-state index in [0.29, 0.717) is 22.3 Å². The van der Waals surface area contributed by atoms with Gasteiger partial charge in [0.15, 0.2) is 6.10 Å². The summed E-state index contributed by atoms with van der Waals surface area (Å²) in [6.45, 7) is 2.98. The maximum atomic E-state index is 12.3. The zero-order chi connectivity index (χ0) is 18.4. The van der Waals surface area contributed by atoms with Gasteiger partial charge in [-0.15, -0.1) is 0 Å². The molecule has 0 aliphatic heterocycles. The largest absolute Gasteiger partial charge is 0.481 e. The molecular weight excluding hydrogens is 359 g/mol. The standard InChI is InChI=1S/C19H22Cl2N2O2/c1-13(25-16-8-9-17(20)18(21)10-16)19(24)22-11-14-6-4-5-7-15(14)12-23(2)3/h4-10,13H,11-12H2,1-3H3,(H,22,24). The SMILES string of the molecule is CC(Oc1ccc(Cl)c(Cl)c1)C(=O)NCc1ccccc1CN(C)C. The summed E-state index contributed by atoms with van der Waals surface area (Å²) >= 11 is 11.8. The van der Waals surface area contributed by atoms with Crippen LogP contribution in [-0.4, -0.2) is 31.0 Å². The molecule has 1 N–H and O–H groups in total. The lowest BCUT2D eigenvalue weighted by atomic mass is 10.1. The number of nitrogens with one attached hydrogen (secondary N) is 1. The van der Waals surface area contributed by atoms with Crippen LogP contribution in [0.4, 0.5) is 0 Å². The van der Waals surface area contributed by atoms with Crippen LogP contribution in [0.25, 0.3) is 0 Å².